The Bertz CT molecular complexity index is 327. The van der Waals surface area contributed by atoms with Gasteiger partial charge in [0.2, 0.25) is 5.91 Å². The maximum absolute atomic E-state index is 10.5. The number of carbonyl (C=O) groups excluding carboxylic acids is 1. The Hall–Kier alpha value is -1.07. The minimum absolute atomic E-state index is 0.200. The predicted molar refractivity (Wildman–Crippen MR) is 64.0 cm³/mol. The van der Waals surface area contributed by atoms with Crippen molar-refractivity contribution in [1.29, 1.82) is 0 Å². The average molecular weight is 288 g/mol. The molecule has 0 bridgehead atoms. The maximum Gasteiger partial charge on any atom is 0.240 e. The van der Waals surface area contributed by atoms with E-state index in [1.54, 1.807) is 0 Å². The van der Waals surface area contributed by atoms with Crippen molar-refractivity contribution in [1.82, 2.24) is 5.48 Å². The standard InChI is InChI=1S/C11H14BrNO3/c1-9(14)13-16-8-2-7-15-11-5-3-10(12)4-6-11/h3-6H,2,7-8H2,1H3,(H,13,14). The Morgan fingerprint density at radius 3 is 2.62 bits per heavy atom. The molecule has 16 heavy (non-hydrogen) atoms. The van der Waals surface area contributed by atoms with Crippen molar-refractivity contribution in [3.05, 3.63) is 28.7 Å². The van der Waals surface area contributed by atoms with E-state index in [9.17, 15) is 4.79 Å². The molecule has 1 amide bonds. The summed E-state index contributed by atoms with van der Waals surface area (Å²) in [5, 5.41) is 0. The molecule has 0 fully saturated rings. The van der Waals surface area contributed by atoms with Gasteiger partial charge in [0.05, 0.1) is 13.2 Å². The lowest BCUT2D eigenvalue weighted by Gasteiger charge is -2.06. The molecule has 0 heterocycles. The Labute approximate surface area is 103 Å². The SMILES string of the molecule is CC(=O)NOCCCOc1ccc(Br)cc1. The second kappa shape index (κ2) is 7.24. The number of rotatable bonds is 6. The van der Waals surface area contributed by atoms with E-state index < -0.39 is 0 Å². The number of hydroxylamine groups is 1. The van der Waals surface area contributed by atoms with Gasteiger partial charge in [-0.15, -0.1) is 0 Å². The normalized spacial score (nSPS) is 9.88. The summed E-state index contributed by atoms with van der Waals surface area (Å²) in [5.74, 6) is 0.622. The summed E-state index contributed by atoms with van der Waals surface area (Å²) < 4.78 is 6.48. The van der Waals surface area contributed by atoms with Crippen LogP contribution in [0.4, 0.5) is 0 Å². The smallest absolute Gasteiger partial charge is 0.240 e. The van der Waals surface area contributed by atoms with Gasteiger partial charge in [-0.25, -0.2) is 5.48 Å². The first-order valence-electron chi connectivity index (χ1n) is 4.95. The average Bonchev–Trinajstić information content (AvgIpc) is 2.25. The molecule has 0 aliphatic carbocycles. The lowest BCUT2D eigenvalue weighted by Crippen LogP contribution is -2.21. The fraction of sp³-hybridized carbons (Fsp3) is 0.364. The molecular formula is C11H14BrNO3. The Morgan fingerprint density at radius 1 is 1.31 bits per heavy atom. The van der Waals surface area contributed by atoms with Crippen LogP contribution in [0, 0.1) is 0 Å². The van der Waals surface area contributed by atoms with Crippen LogP contribution in [0.2, 0.25) is 0 Å². The van der Waals surface area contributed by atoms with Gasteiger partial charge < -0.3 is 4.74 Å². The third-order valence-electron chi connectivity index (χ3n) is 1.69. The third kappa shape index (κ3) is 5.72. The molecule has 0 aliphatic rings. The van der Waals surface area contributed by atoms with Crippen molar-refractivity contribution in [3.8, 4) is 5.75 Å². The minimum Gasteiger partial charge on any atom is -0.494 e. The van der Waals surface area contributed by atoms with E-state index in [4.69, 9.17) is 9.57 Å². The van der Waals surface area contributed by atoms with E-state index in [0.717, 1.165) is 16.6 Å². The summed E-state index contributed by atoms with van der Waals surface area (Å²) in [5.41, 5.74) is 2.25. The van der Waals surface area contributed by atoms with Gasteiger partial charge in [-0.2, -0.15) is 0 Å². The van der Waals surface area contributed by atoms with Crippen molar-refractivity contribution < 1.29 is 14.4 Å². The van der Waals surface area contributed by atoms with Crippen LogP contribution in [0.15, 0.2) is 28.7 Å². The molecule has 0 atom stereocenters. The highest BCUT2D eigenvalue weighted by atomic mass is 79.9. The first-order chi connectivity index (χ1) is 7.68. The lowest BCUT2D eigenvalue weighted by atomic mass is 10.3. The van der Waals surface area contributed by atoms with Gasteiger partial charge in [0, 0.05) is 17.8 Å². The fourth-order valence-electron chi connectivity index (χ4n) is 1.00. The maximum atomic E-state index is 10.5. The number of hydrogen-bond donors (Lipinski definition) is 1. The summed E-state index contributed by atoms with van der Waals surface area (Å²) in [6.45, 7) is 2.40. The molecule has 0 unspecified atom stereocenters. The van der Waals surface area contributed by atoms with Crippen molar-refractivity contribution in [2.75, 3.05) is 13.2 Å². The van der Waals surface area contributed by atoms with Crippen LogP contribution in [0.3, 0.4) is 0 Å². The Kier molecular flexibility index (Phi) is 5.88. The predicted octanol–water partition coefficient (Wildman–Crippen LogP) is 2.29. The molecule has 1 aromatic carbocycles. The van der Waals surface area contributed by atoms with Gasteiger partial charge in [0.25, 0.3) is 0 Å². The number of ether oxygens (including phenoxy) is 1. The van der Waals surface area contributed by atoms with Crippen LogP contribution >= 0.6 is 15.9 Å². The van der Waals surface area contributed by atoms with E-state index in [1.807, 2.05) is 24.3 Å². The number of amides is 1. The third-order valence-corrected chi connectivity index (χ3v) is 2.22. The van der Waals surface area contributed by atoms with Gasteiger partial charge in [0.15, 0.2) is 0 Å². The van der Waals surface area contributed by atoms with E-state index in [1.165, 1.54) is 6.92 Å². The topological polar surface area (TPSA) is 47.6 Å². The van der Waals surface area contributed by atoms with Crippen LogP contribution in [0.25, 0.3) is 0 Å². The second-order valence-corrected chi connectivity index (χ2v) is 4.08. The molecule has 4 nitrogen and oxygen atoms in total. The van der Waals surface area contributed by atoms with Crippen molar-refractivity contribution in [2.45, 2.75) is 13.3 Å². The number of hydrogen-bond acceptors (Lipinski definition) is 3. The summed E-state index contributed by atoms with van der Waals surface area (Å²) in [7, 11) is 0. The van der Waals surface area contributed by atoms with Gasteiger partial charge >= 0.3 is 0 Å². The molecule has 1 aromatic rings. The molecule has 1 rings (SSSR count). The summed E-state index contributed by atoms with van der Waals surface area (Å²) in [4.78, 5) is 15.3. The molecule has 0 aliphatic heterocycles. The molecule has 0 saturated heterocycles. The molecule has 0 aromatic heterocycles. The Morgan fingerprint density at radius 2 is 2.00 bits per heavy atom. The highest BCUT2D eigenvalue weighted by Gasteiger charge is 1.95. The molecular weight excluding hydrogens is 274 g/mol. The highest BCUT2D eigenvalue weighted by Crippen LogP contribution is 2.15. The van der Waals surface area contributed by atoms with Crippen LogP contribution in [-0.2, 0) is 9.63 Å². The molecule has 0 radical (unpaired) electrons. The summed E-state index contributed by atoms with van der Waals surface area (Å²) in [6.07, 6.45) is 0.719. The Balaban J connectivity index is 2.07. The lowest BCUT2D eigenvalue weighted by molar-refractivity contribution is -0.131. The van der Waals surface area contributed by atoms with Gasteiger partial charge in [0.1, 0.15) is 5.75 Å². The largest absolute Gasteiger partial charge is 0.494 e. The highest BCUT2D eigenvalue weighted by molar-refractivity contribution is 9.10. The zero-order valence-corrected chi connectivity index (χ0v) is 10.6. The van der Waals surface area contributed by atoms with E-state index >= 15 is 0 Å². The number of carbonyl (C=O) groups is 1. The second-order valence-electron chi connectivity index (χ2n) is 3.16. The minimum atomic E-state index is -0.200. The molecule has 0 spiro atoms. The zero-order valence-electron chi connectivity index (χ0n) is 9.03. The van der Waals surface area contributed by atoms with E-state index in [0.29, 0.717) is 13.2 Å². The molecule has 88 valence electrons. The number of benzene rings is 1. The quantitative estimate of drug-likeness (QED) is 0.645. The van der Waals surface area contributed by atoms with Crippen LogP contribution < -0.4 is 10.2 Å². The van der Waals surface area contributed by atoms with Crippen molar-refractivity contribution >= 4 is 21.8 Å². The zero-order chi connectivity index (χ0) is 11.8. The van der Waals surface area contributed by atoms with Crippen molar-refractivity contribution in [3.63, 3.8) is 0 Å². The van der Waals surface area contributed by atoms with E-state index in [-0.39, 0.29) is 5.91 Å². The van der Waals surface area contributed by atoms with Gasteiger partial charge in [-0.1, -0.05) is 15.9 Å². The molecule has 1 N–H and O–H groups in total. The number of nitrogens with one attached hydrogen (secondary N) is 1. The molecule has 5 heteroatoms. The van der Waals surface area contributed by atoms with Crippen LogP contribution in [0.1, 0.15) is 13.3 Å². The van der Waals surface area contributed by atoms with Gasteiger partial charge in [-0.05, 0) is 24.3 Å². The number of halogens is 1. The first-order valence-corrected chi connectivity index (χ1v) is 5.74. The summed E-state index contributed by atoms with van der Waals surface area (Å²) in [6, 6.07) is 7.61. The van der Waals surface area contributed by atoms with Crippen molar-refractivity contribution in [2.24, 2.45) is 0 Å². The fourth-order valence-corrected chi connectivity index (χ4v) is 1.27. The molecule has 0 saturated carbocycles. The van der Waals surface area contributed by atoms with Crippen LogP contribution in [-0.4, -0.2) is 19.1 Å². The monoisotopic (exact) mass is 287 g/mol. The summed E-state index contributed by atoms with van der Waals surface area (Å²) >= 11 is 3.35. The van der Waals surface area contributed by atoms with Gasteiger partial charge in [-0.3, -0.25) is 9.63 Å². The van der Waals surface area contributed by atoms with Crippen LogP contribution in [0.5, 0.6) is 5.75 Å². The first kappa shape index (κ1) is 13.0. The van der Waals surface area contributed by atoms with E-state index in [2.05, 4.69) is 21.4 Å².